The molecule has 0 fully saturated rings. The molecule has 1 aliphatic carbocycles. The molecule has 2 N–H and O–H groups in total. The summed E-state index contributed by atoms with van der Waals surface area (Å²) in [4.78, 5) is 6.89. The third kappa shape index (κ3) is 3.41. The van der Waals surface area contributed by atoms with E-state index in [1.807, 2.05) is 13.8 Å². The van der Waals surface area contributed by atoms with Crippen LogP contribution in [0, 0.1) is 29.6 Å². The van der Waals surface area contributed by atoms with Crippen LogP contribution in [0.4, 0.5) is 11.5 Å². The summed E-state index contributed by atoms with van der Waals surface area (Å²) in [5.74, 6) is 0.170. The molecule has 2 heterocycles. The molecule has 0 amide bonds. The van der Waals surface area contributed by atoms with Crippen LogP contribution in [-0.2, 0) is 0 Å². The molecule has 0 bridgehead atoms. The molecule has 33 heavy (non-hydrogen) atoms. The summed E-state index contributed by atoms with van der Waals surface area (Å²) >= 11 is 0. The lowest BCUT2D eigenvalue weighted by Gasteiger charge is -2.43. The fourth-order valence-electron chi connectivity index (χ4n) is 5.19. The summed E-state index contributed by atoms with van der Waals surface area (Å²) in [7, 11) is 0. The smallest absolute Gasteiger partial charge is 0.142 e. The van der Waals surface area contributed by atoms with E-state index in [1.54, 1.807) is 0 Å². The van der Waals surface area contributed by atoms with Crippen LogP contribution in [0.2, 0.25) is 0 Å². The van der Waals surface area contributed by atoms with Crippen molar-refractivity contribution in [2.24, 2.45) is 0 Å². The molecule has 2 aliphatic rings. The van der Waals surface area contributed by atoms with Gasteiger partial charge in [-0.15, -0.1) is 0 Å². The average molecular weight is 436 g/mol. The quantitative estimate of drug-likeness (QED) is 0.628. The van der Waals surface area contributed by atoms with Crippen LogP contribution < -0.4 is 10.6 Å². The molecule has 0 saturated heterocycles. The largest absolute Gasteiger partial charge is 0.383 e. The Morgan fingerprint density at radius 3 is 2.52 bits per heavy atom. The number of nitrogens with two attached hydrogens (primary N) is 1. The lowest BCUT2D eigenvalue weighted by molar-refractivity contribution is 0.550. The van der Waals surface area contributed by atoms with E-state index in [0.29, 0.717) is 16.8 Å². The van der Waals surface area contributed by atoms with Crippen molar-refractivity contribution >= 4 is 34.3 Å². The summed E-state index contributed by atoms with van der Waals surface area (Å²) in [5, 5.41) is 19.4. The highest BCUT2D eigenvalue weighted by Gasteiger charge is 2.32. The first-order valence-corrected chi connectivity index (χ1v) is 11.3. The van der Waals surface area contributed by atoms with Crippen molar-refractivity contribution in [2.45, 2.75) is 53.5 Å². The number of benzene rings is 1. The lowest BCUT2D eigenvalue weighted by atomic mass is 9.87. The van der Waals surface area contributed by atoms with E-state index in [1.165, 1.54) is 16.8 Å². The number of fused-ring (bicyclic) bond motifs is 2. The summed E-state index contributed by atoms with van der Waals surface area (Å²) in [6.07, 6.45) is 5.51. The predicted molar refractivity (Wildman–Crippen MR) is 136 cm³/mol. The van der Waals surface area contributed by atoms with E-state index < -0.39 is 0 Å². The summed E-state index contributed by atoms with van der Waals surface area (Å²) in [6, 6.07) is 11.0. The fraction of sp³-hybridized carbons (Fsp3) is 0.321. The van der Waals surface area contributed by atoms with Gasteiger partial charge in [-0.25, -0.2) is 4.98 Å². The molecule has 0 saturated carbocycles. The van der Waals surface area contributed by atoms with Crippen molar-refractivity contribution in [2.75, 3.05) is 17.2 Å². The average Bonchev–Trinajstić information content (AvgIpc) is 3.01. The van der Waals surface area contributed by atoms with Crippen molar-refractivity contribution < 1.29 is 0 Å². The van der Waals surface area contributed by atoms with E-state index in [9.17, 15) is 10.5 Å². The highest BCUT2D eigenvalue weighted by molar-refractivity contribution is 6.08. The zero-order valence-corrected chi connectivity index (χ0v) is 20.2. The molecule has 0 radical (unpaired) electrons. The molecular weight excluding hydrogens is 406 g/mol. The SMILES string of the molecule is CCCN1c2ccc(/C=C3\C(C)=C(C#N)c4nc(N)c(C#N)c(C)c43)cc2C(C)=CC1(C)C. The van der Waals surface area contributed by atoms with Crippen LogP contribution in [-0.4, -0.2) is 17.1 Å². The van der Waals surface area contributed by atoms with Crippen molar-refractivity contribution in [3.8, 4) is 12.1 Å². The number of rotatable bonds is 3. The predicted octanol–water partition coefficient (Wildman–Crippen LogP) is 6.11. The molecule has 0 spiro atoms. The number of nitriles is 2. The van der Waals surface area contributed by atoms with Crippen LogP contribution in [0.3, 0.4) is 0 Å². The van der Waals surface area contributed by atoms with Gasteiger partial charge in [-0.3, -0.25) is 0 Å². The number of nitrogen functional groups attached to an aromatic ring is 1. The van der Waals surface area contributed by atoms with Crippen LogP contribution in [0.5, 0.6) is 0 Å². The highest BCUT2D eigenvalue weighted by Crippen LogP contribution is 2.45. The number of nitrogens with zero attached hydrogens (tertiary/aromatic N) is 4. The molecule has 1 aromatic heterocycles. The zero-order valence-electron chi connectivity index (χ0n) is 20.2. The molecule has 166 valence electrons. The number of hydrogen-bond acceptors (Lipinski definition) is 5. The fourth-order valence-corrected chi connectivity index (χ4v) is 5.19. The van der Waals surface area contributed by atoms with E-state index in [0.717, 1.165) is 40.8 Å². The van der Waals surface area contributed by atoms with Crippen LogP contribution in [0.1, 0.15) is 74.6 Å². The Kier molecular flexibility index (Phi) is 5.38. The topological polar surface area (TPSA) is 89.7 Å². The number of allylic oxidation sites excluding steroid dienone is 4. The first-order valence-electron chi connectivity index (χ1n) is 11.3. The van der Waals surface area contributed by atoms with Gasteiger partial charge in [0.25, 0.3) is 0 Å². The summed E-state index contributed by atoms with van der Waals surface area (Å²) < 4.78 is 0. The Hall–Kier alpha value is -3.83. The standard InChI is InChI=1S/C28H29N5/c1-7-10-33-24-9-8-19(11-20(24)16(2)13-28(33,5)6)12-21-17(3)22(14-29)26-25(21)18(4)23(15-30)27(31)32-26/h8-9,11-13H,7,10H2,1-6H3,(H2,31,32)/b21-12+. The van der Waals surface area contributed by atoms with Gasteiger partial charge < -0.3 is 10.6 Å². The molecular formula is C28H29N5. The van der Waals surface area contributed by atoms with Gasteiger partial charge in [0.1, 0.15) is 18.0 Å². The maximum absolute atomic E-state index is 9.80. The number of pyridine rings is 1. The summed E-state index contributed by atoms with van der Waals surface area (Å²) in [6.45, 7) is 13.7. The van der Waals surface area contributed by atoms with Gasteiger partial charge in [-0.05, 0) is 87.1 Å². The van der Waals surface area contributed by atoms with Gasteiger partial charge in [-0.1, -0.05) is 19.1 Å². The van der Waals surface area contributed by atoms with Gasteiger partial charge >= 0.3 is 0 Å². The minimum Gasteiger partial charge on any atom is -0.383 e. The molecule has 1 aromatic carbocycles. The molecule has 1 aliphatic heterocycles. The molecule has 0 unspecified atom stereocenters. The van der Waals surface area contributed by atoms with E-state index in [-0.39, 0.29) is 11.4 Å². The molecule has 0 atom stereocenters. The Bertz CT molecular complexity index is 1360. The highest BCUT2D eigenvalue weighted by atomic mass is 15.2. The third-order valence-corrected chi connectivity index (χ3v) is 6.74. The van der Waals surface area contributed by atoms with E-state index >= 15 is 0 Å². The number of anilines is 2. The molecule has 5 nitrogen and oxygen atoms in total. The van der Waals surface area contributed by atoms with Crippen molar-refractivity contribution in [1.29, 1.82) is 10.5 Å². The monoisotopic (exact) mass is 435 g/mol. The van der Waals surface area contributed by atoms with Crippen LogP contribution >= 0.6 is 0 Å². The number of aromatic nitrogens is 1. The van der Waals surface area contributed by atoms with Gasteiger partial charge in [0.2, 0.25) is 0 Å². The van der Waals surface area contributed by atoms with Gasteiger partial charge in [0.15, 0.2) is 0 Å². The first-order chi connectivity index (χ1) is 15.6. The maximum atomic E-state index is 9.80. The normalized spacial score (nSPS) is 17.4. The van der Waals surface area contributed by atoms with Gasteiger partial charge in [0.05, 0.1) is 22.4 Å². The number of hydrogen-bond donors (Lipinski definition) is 1. The van der Waals surface area contributed by atoms with Gasteiger partial charge in [0, 0.05) is 23.4 Å². The van der Waals surface area contributed by atoms with Crippen molar-refractivity contribution in [1.82, 2.24) is 4.98 Å². The second-order valence-electron chi connectivity index (χ2n) is 9.41. The van der Waals surface area contributed by atoms with Crippen molar-refractivity contribution in [3.05, 3.63) is 63.4 Å². The zero-order chi connectivity index (χ0) is 24.1. The Labute approximate surface area is 196 Å². The van der Waals surface area contributed by atoms with Crippen molar-refractivity contribution in [3.63, 3.8) is 0 Å². The van der Waals surface area contributed by atoms with Crippen LogP contribution in [0.15, 0.2) is 29.8 Å². The van der Waals surface area contributed by atoms with E-state index in [2.05, 4.69) is 80.1 Å². The minimum atomic E-state index is -0.0328. The second kappa shape index (κ2) is 7.94. The Morgan fingerprint density at radius 2 is 1.88 bits per heavy atom. The van der Waals surface area contributed by atoms with Gasteiger partial charge in [-0.2, -0.15) is 10.5 Å². The summed E-state index contributed by atoms with van der Waals surface area (Å²) in [5.41, 5.74) is 15.6. The minimum absolute atomic E-state index is 0.0328. The Balaban J connectivity index is 1.91. The maximum Gasteiger partial charge on any atom is 0.142 e. The Morgan fingerprint density at radius 1 is 1.15 bits per heavy atom. The van der Waals surface area contributed by atoms with Crippen LogP contribution in [0.25, 0.3) is 22.8 Å². The molecule has 4 rings (SSSR count). The first kappa shape index (κ1) is 22.4. The molecule has 5 heteroatoms. The van der Waals surface area contributed by atoms with E-state index in [4.69, 9.17) is 5.73 Å². The third-order valence-electron chi connectivity index (χ3n) is 6.74. The molecule has 2 aromatic rings. The second-order valence-corrected chi connectivity index (χ2v) is 9.41. The lowest BCUT2D eigenvalue weighted by Crippen LogP contribution is -2.45.